The number of hydrogen-bond acceptors (Lipinski definition) is 4. The van der Waals surface area contributed by atoms with Crippen LogP contribution < -0.4 is 0 Å². The van der Waals surface area contributed by atoms with E-state index in [2.05, 4.69) is 9.85 Å². The van der Waals surface area contributed by atoms with E-state index < -0.39 is 8.80 Å². The summed E-state index contributed by atoms with van der Waals surface area (Å²) >= 11 is 0. The molecular formula is C10H21NO4Si. The molecule has 0 spiro atoms. The van der Waals surface area contributed by atoms with Gasteiger partial charge in [0.1, 0.15) is 0 Å². The van der Waals surface area contributed by atoms with E-state index in [0.29, 0.717) is 38.9 Å². The van der Waals surface area contributed by atoms with Gasteiger partial charge >= 0.3 is 8.80 Å². The summed E-state index contributed by atoms with van der Waals surface area (Å²) in [4.78, 5) is 4.61. The van der Waals surface area contributed by atoms with Crippen molar-refractivity contribution in [2.75, 3.05) is 26.4 Å². The molecule has 0 heterocycles. The predicted octanol–water partition coefficient (Wildman–Crippen LogP) is 2.28. The van der Waals surface area contributed by atoms with Crippen LogP contribution in [0.5, 0.6) is 0 Å². The first-order valence-corrected chi connectivity index (χ1v) is 7.58. The quantitative estimate of drug-likeness (QED) is 0.257. The van der Waals surface area contributed by atoms with E-state index in [1.165, 1.54) is 0 Å². The summed E-state index contributed by atoms with van der Waals surface area (Å²) in [5, 5.41) is 2.84. The van der Waals surface area contributed by atoms with Gasteiger partial charge in [-0.25, -0.2) is 0 Å². The molecule has 0 aliphatic heterocycles. The zero-order chi connectivity index (χ0) is 12.3. The Morgan fingerprint density at radius 1 is 1.00 bits per heavy atom. The molecular weight excluding hydrogens is 226 g/mol. The van der Waals surface area contributed by atoms with Gasteiger partial charge in [0.05, 0.1) is 0 Å². The van der Waals surface area contributed by atoms with Crippen molar-refractivity contribution in [2.24, 2.45) is 0 Å². The number of hydrogen-bond donors (Lipinski definition) is 0. The summed E-state index contributed by atoms with van der Waals surface area (Å²) in [6, 6.07) is 0.692. The van der Waals surface area contributed by atoms with E-state index in [-0.39, 0.29) is 0 Å². The summed E-state index contributed by atoms with van der Waals surface area (Å²) in [5.41, 5.74) is 0. The summed E-state index contributed by atoms with van der Waals surface area (Å²) in [7, 11) is -2.53. The van der Waals surface area contributed by atoms with Gasteiger partial charge in [0.15, 0.2) is 6.61 Å². The molecule has 0 bridgehead atoms. The molecule has 0 unspecified atom stereocenters. The van der Waals surface area contributed by atoms with Gasteiger partial charge in [-0.2, -0.15) is 11.4 Å². The van der Waals surface area contributed by atoms with E-state index in [9.17, 15) is 0 Å². The van der Waals surface area contributed by atoms with E-state index in [4.69, 9.17) is 19.9 Å². The standard InChI is InChI=1S/C10H21NO4Si/c1-5-13-16(14-6-2,15-7-3)10-8-9-12-11-4/h5-10H2,1-3H3. The highest BCUT2D eigenvalue weighted by atomic mass is 28.4. The Balaban J connectivity index is 4.18. The maximum Gasteiger partial charge on any atom is 0.501 e. The Morgan fingerprint density at radius 3 is 1.88 bits per heavy atom. The Kier molecular flexibility index (Phi) is 9.23. The molecule has 5 nitrogen and oxygen atoms in total. The minimum atomic E-state index is -2.53. The van der Waals surface area contributed by atoms with Gasteiger partial charge in [-0.3, -0.25) is 0 Å². The van der Waals surface area contributed by atoms with Crippen molar-refractivity contribution >= 4 is 8.80 Å². The first-order valence-electron chi connectivity index (χ1n) is 5.65. The van der Waals surface area contributed by atoms with Gasteiger partial charge in [0.25, 0.3) is 0 Å². The normalized spacial score (nSPS) is 11.1. The van der Waals surface area contributed by atoms with E-state index in [0.717, 1.165) is 0 Å². The smallest absolute Gasteiger partial charge is 0.374 e. The average Bonchev–Trinajstić information content (AvgIpc) is 2.26. The van der Waals surface area contributed by atoms with Gasteiger partial charge in [0, 0.05) is 25.9 Å². The average molecular weight is 247 g/mol. The van der Waals surface area contributed by atoms with Crippen LogP contribution in [0, 0.1) is 6.57 Å². The highest BCUT2D eigenvalue weighted by molar-refractivity contribution is 6.60. The lowest BCUT2D eigenvalue weighted by Gasteiger charge is -2.28. The Hall–Kier alpha value is -0.613. The molecule has 0 amide bonds. The lowest BCUT2D eigenvalue weighted by molar-refractivity contribution is 0.0689. The van der Waals surface area contributed by atoms with Crippen LogP contribution in [-0.4, -0.2) is 35.2 Å². The molecule has 0 aromatic carbocycles. The van der Waals surface area contributed by atoms with Crippen LogP contribution in [0.15, 0.2) is 0 Å². The fourth-order valence-corrected chi connectivity index (χ4v) is 3.98. The second kappa shape index (κ2) is 9.60. The highest BCUT2D eigenvalue weighted by Crippen LogP contribution is 2.18. The van der Waals surface area contributed by atoms with Crippen LogP contribution in [0.3, 0.4) is 0 Å². The second-order valence-corrected chi connectivity index (χ2v) is 5.74. The van der Waals surface area contributed by atoms with Gasteiger partial charge in [0.2, 0.25) is 0 Å². The van der Waals surface area contributed by atoms with Crippen molar-refractivity contribution in [1.29, 1.82) is 0 Å². The molecule has 0 rings (SSSR count). The van der Waals surface area contributed by atoms with Crippen molar-refractivity contribution in [1.82, 2.24) is 0 Å². The lowest BCUT2D eigenvalue weighted by Crippen LogP contribution is -2.46. The highest BCUT2D eigenvalue weighted by Gasteiger charge is 2.39. The van der Waals surface area contributed by atoms with Crippen LogP contribution in [-0.2, 0) is 18.1 Å². The monoisotopic (exact) mass is 247 g/mol. The van der Waals surface area contributed by atoms with Gasteiger partial charge in [-0.1, -0.05) is 0 Å². The molecule has 0 fully saturated rings. The molecule has 16 heavy (non-hydrogen) atoms. The van der Waals surface area contributed by atoms with Crippen molar-refractivity contribution in [3.05, 3.63) is 11.6 Å². The fraction of sp³-hybridized carbons (Fsp3) is 0.900. The summed E-state index contributed by atoms with van der Waals surface area (Å²) in [6.45, 7) is 14.4. The third kappa shape index (κ3) is 6.08. The first-order chi connectivity index (χ1) is 7.74. The molecule has 6 heteroatoms. The summed E-state index contributed by atoms with van der Waals surface area (Å²) in [5.74, 6) is 0. The van der Waals surface area contributed by atoms with Crippen molar-refractivity contribution in [3.63, 3.8) is 0 Å². The minimum absolute atomic E-state index is 0.394. The molecule has 0 aromatic heterocycles. The van der Waals surface area contributed by atoms with Gasteiger partial charge in [-0.15, -0.1) is 0 Å². The second-order valence-electron chi connectivity index (χ2n) is 3.01. The van der Waals surface area contributed by atoms with E-state index in [1.54, 1.807) is 0 Å². The zero-order valence-corrected chi connectivity index (χ0v) is 11.3. The Labute approximate surface area is 98.8 Å². The van der Waals surface area contributed by atoms with Crippen LogP contribution in [0.25, 0.3) is 5.01 Å². The molecule has 0 aliphatic rings. The number of nitrogens with zero attached hydrogens (tertiary/aromatic N) is 1. The molecule has 0 saturated carbocycles. The maximum atomic E-state index is 6.50. The molecule has 0 N–H and O–H groups in total. The van der Waals surface area contributed by atoms with Crippen molar-refractivity contribution in [3.8, 4) is 0 Å². The van der Waals surface area contributed by atoms with Crippen LogP contribution in [0.1, 0.15) is 27.2 Å². The largest absolute Gasteiger partial charge is 0.501 e. The van der Waals surface area contributed by atoms with Crippen LogP contribution in [0.4, 0.5) is 0 Å². The SMILES string of the molecule is [C-]#[N+]OCCC[Si](OCC)(OCC)OCC. The lowest BCUT2D eigenvalue weighted by atomic mass is 10.5. The third-order valence-electron chi connectivity index (χ3n) is 1.88. The summed E-state index contributed by atoms with van der Waals surface area (Å²) in [6.07, 6.45) is 0.717. The first kappa shape index (κ1) is 15.4. The Bertz CT molecular complexity index is 190. The van der Waals surface area contributed by atoms with Crippen molar-refractivity contribution < 1.29 is 18.1 Å². The predicted molar refractivity (Wildman–Crippen MR) is 62.6 cm³/mol. The van der Waals surface area contributed by atoms with E-state index in [1.807, 2.05) is 20.8 Å². The molecule has 94 valence electrons. The van der Waals surface area contributed by atoms with Gasteiger partial charge in [-0.05, 0) is 32.2 Å². The molecule has 0 aliphatic carbocycles. The summed E-state index contributed by atoms with van der Waals surface area (Å²) < 4.78 is 17.0. The maximum absolute atomic E-state index is 6.50. The molecule has 0 aromatic rings. The zero-order valence-electron chi connectivity index (χ0n) is 10.3. The minimum Gasteiger partial charge on any atom is -0.374 e. The third-order valence-corrected chi connectivity index (χ3v) is 5.03. The molecule has 0 atom stereocenters. The number of rotatable bonds is 10. The Morgan fingerprint density at radius 2 is 1.50 bits per heavy atom. The van der Waals surface area contributed by atoms with Gasteiger partial charge < -0.3 is 13.3 Å². The molecule has 0 radical (unpaired) electrons. The molecule has 0 saturated heterocycles. The fourth-order valence-electron chi connectivity index (χ4n) is 1.40. The topological polar surface area (TPSA) is 41.3 Å². The van der Waals surface area contributed by atoms with Crippen LogP contribution in [0.2, 0.25) is 6.04 Å². The van der Waals surface area contributed by atoms with Crippen molar-refractivity contribution in [2.45, 2.75) is 33.2 Å². The van der Waals surface area contributed by atoms with Crippen LogP contribution >= 0.6 is 0 Å². The van der Waals surface area contributed by atoms with E-state index >= 15 is 0 Å².